The van der Waals surface area contributed by atoms with E-state index in [4.69, 9.17) is 14.9 Å². The van der Waals surface area contributed by atoms with Gasteiger partial charge in [-0.25, -0.2) is 0 Å². The highest BCUT2D eigenvalue weighted by atomic mass is 16.5. The first-order valence-corrected chi connectivity index (χ1v) is 6.01. The van der Waals surface area contributed by atoms with Crippen molar-refractivity contribution >= 4 is 17.9 Å². The first-order valence-electron chi connectivity index (χ1n) is 6.01. The Balaban J connectivity index is 4.21. The average Bonchev–Trinajstić information content (AvgIpc) is 2.30. The van der Waals surface area contributed by atoms with Gasteiger partial charge in [-0.1, -0.05) is 26.7 Å². The summed E-state index contributed by atoms with van der Waals surface area (Å²) in [6.45, 7) is 3.53. The number of esters is 1. The van der Waals surface area contributed by atoms with Crippen LogP contribution < -0.4 is 0 Å². The Hall–Kier alpha value is -1.59. The molecular formula is C12H20O6. The number of carboxylic acids is 2. The Bertz CT molecular complexity index is 299. The number of hydrogen-bond acceptors (Lipinski definition) is 4. The lowest BCUT2D eigenvalue weighted by Gasteiger charge is -2.15. The Labute approximate surface area is 106 Å². The summed E-state index contributed by atoms with van der Waals surface area (Å²) in [5, 5.41) is 17.6. The van der Waals surface area contributed by atoms with Crippen LogP contribution in [0.3, 0.4) is 0 Å². The Kier molecular flexibility index (Phi) is 7.74. The van der Waals surface area contributed by atoms with Gasteiger partial charge in [0.15, 0.2) is 0 Å². The van der Waals surface area contributed by atoms with Gasteiger partial charge in [-0.3, -0.25) is 14.4 Å². The van der Waals surface area contributed by atoms with Crippen LogP contribution in [0.1, 0.15) is 39.5 Å². The fourth-order valence-corrected chi connectivity index (χ4v) is 1.43. The number of hydrogen-bond donors (Lipinski definition) is 2. The fraction of sp³-hybridized carbons (Fsp3) is 0.750. The lowest BCUT2D eigenvalue weighted by atomic mass is 9.91. The lowest BCUT2D eigenvalue weighted by molar-refractivity contribution is -0.158. The summed E-state index contributed by atoms with van der Waals surface area (Å²) < 4.78 is 4.86. The van der Waals surface area contributed by atoms with Gasteiger partial charge in [0.2, 0.25) is 0 Å². The van der Waals surface area contributed by atoms with Crippen molar-refractivity contribution in [1.29, 1.82) is 0 Å². The van der Waals surface area contributed by atoms with Crippen LogP contribution in [-0.4, -0.2) is 34.7 Å². The normalized spacial score (nSPS) is 13.7. The summed E-state index contributed by atoms with van der Waals surface area (Å²) in [6, 6.07) is 0. The van der Waals surface area contributed by atoms with Gasteiger partial charge in [0.1, 0.15) is 0 Å². The number of rotatable bonds is 9. The number of carbonyl (C=O) groups is 3. The van der Waals surface area contributed by atoms with Crippen LogP contribution >= 0.6 is 0 Å². The molecule has 0 aromatic carbocycles. The molecule has 0 aliphatic heterocycles. The van der Waals surface area contributed by atoms with Crippen LogP contribution in [0.2, 0.25) is 0 Å². The molecule has 0 saturated carbocycles. The monoisotopic (exact) mass is 260 g/mol. The molecule has 0 heterocycles. The van der Waals surface area contributed by atoms with Crippen LogP contribution in [0.25, 0.3) is 0 Å². The topological polar surface area (TPSA) is 101 Å². The van der Waals surface area contributed by atoms with Crippen LogP contribution in [0.5, 0.6) is 0 Å². The summed E-state index contributed by atoms with van der Waals surface area (Å²) in [4.78, 5) is 33.0. The molecule has 0 radical (unpaired) electrons. The molecule has 18 heavy (non-hydrogen) atoms. The predicted molar refractivity (Wildman–Crippen MR) is 63.0 cm³/mol. The number of unbranched alkanes of at least 4 members (excludes halogenated alkanes) is 2. The van der Waals surface area contributed by atoms with Gasteiger partial charge >= 0.3 is 17.9 Å². The molecule has 0 bridgehead atoms. The zero-order chi connectivity index (χ0) is 14.1. The molecule has 0 spiro atoms. The highest BCUT2D eigenvalue weighted by Crippen LogP contribution is 2.17. The molecule has 0 aromatic heterocycles. The average molecular weight is 260 g/mol. The molecule has 6 nitrogen and oxygen atoms in total. The molecule has 0 aliphatic rings. The maximum atomic E-state index is 11.4. The van der Waals surface area contributed by atoms with Crippen molar-refractivity contribution < 1.29 is 29.3 Å². The summed E-state index contributed by atoms with van der Waals surface area (Å²) in [6.07, 6.45) is 2.25. The minimum atomic E-state index is -1.30. The molecule has 0 aliphatic carbocycles. The third kappa shape index (κ3) is 6.22. The third-order valence-electron chi connectivity index (χ3n) is 2.71. The minimum absolute atomic E-state index is 0.250. The van der Waals surface area contributed by atoms with E-state index < -0.39 is 36.2 Å². The first-order chi connectivity index (χ1) is 8.40. The highest BCUT2D eigenvalue weighted by Gasteiger charge is 2.32. The smallest absolute Gasteiger partial charge is 0.307 e. The molecule has 6 heteroatoms. The molecule has 0 fully saturated rings. The highest BCUT2D eigenvalue weighted by molar-refractivity contribution is 5.84. The van der Waals surface area contributed by atoms with Crippen molar-refractivity contribution in [1.82, 2.24) is 0 Å². The second kappa shape index (κ2) is 8.49. The summed E-state index contributed by atoms with van der Waals surface area (Å²) in [7, 11) is 0. The Morgan fingerprint density at radius 3 is 2.17 bits per heavy atom. The van der Waals surface area contributed by atoms with E-state index in [1.807, 2.05) is 6.92 Å². The molecule has 2 unspecified atom stereocenters. The van der Waals surface area contributed by atoms with Crippen molar-refractivity contribution in [2.75, 3.05) is 6.61 Å². The molecule has 0 saturated heterocycles. The number of carboxylic acid groups (broad SMARTS) is 2. The first kappa shape index (κ1) is 16.4. The maximum absolute atomic E-state index is 11.4. The standard InChI is InChI=1S/C12H20O6/c1-3-4-5-6-18-10(13)7-9(12(16)17)8(2)11(14)15/h8-9H,3-7H2,1-2H3,(H,14,15)(H,16,17). The zero-order valence-corrected chi connectivity index (χ0v) is 10.7. The number of carbonyl (C=O) groups excluding carboxylic acids is 1. The molecule has 104 valence electrons. The van der Waals surface area contributed by atoms with E-state index in [0.29, 0.717) is 0 Å². The molecule has 0 aromatic rings. The van der Waals surface area contributed by atoms with Crippen LogP contribution in [0, 0.1) is 11.8 Å². The van der Waals surface area contributed by atoms with Crippen molar-refractivity contribution in [2.24, 2.45) is 11.8 Å². The van der Waals surface area contributed by atoms with Crippen LogP contribution in [0.4, 0.5) is 0 Å². The molecule has 2 atom stereocenters. The van der Waals surface area contributed by atoms with Crippen molar-refractivity contribution in [3.63, 3.8) is 0 Å². The van der Waals surface area contributed by atoms with Crippen molar-refractivity contribution in [3.8, 4) is 0 Å². The molecular weight excluding hydrogens is 240 g/mol. The van der Waals surface area contributed by atoms with Gasteiger partial charge in [0.05, 0.1) is 24.9 Å². The van der Waals surface area contributed by atoms with E-state index >= 15 is 0 Å². The van der Waals surface area contributed by atoms with Crippen molar-refractivity contribution in [2.45, 2.75) is 39.5 Å². The second-order valence-corrected chi connectivity index (χ2v) is 4.20. The molecule has 2 N–H and O–H groups in total. The predicted octanol–water partition coefficient (Wildman–Crippen LogP) is 1.53. The van der Waals surface area contributed by atoms with E-state index in [1.165, 1.54) is 6.92 Å². The maximum Gasteiger partial charge on any atom is 0.307 e. The van der Waals surface area contributed by atoms with Crippen LogP contribution in [0.15, 0.2) is 0 Å². The largest absolute Gasteiger partial charge is 0.481 e. The van der Waals surface area contributed by atoms with Crippen LogP contribution in [-0.2, 0) is 19.1 Å². The van der Waals surface area contributed by atoms with Gasteiger partial charge in [-0.05, 0) is 6.42 Å². The van der Waals surface area contributed by atoms with E-state index in [1.54, 1.807) is 0 Å². The molecule has 0 rings (SSSR count). The quantitative estimate of drug-likeness (QED) is 0.481. The SMILES string of the molecule is CCCCCOC(=O)CC(C(=O)O)C(C)C(=O)O. The van der Waals surface area contributed by atoms with Gasteiger partial charge < -0.3 is 14.9 Å². The van der Waals surface area contributed by atoms with Gasteiger partial charge in [-0.2, -0.15) is 0 Å². The van der Waals surface area contributed by atoms with Crippen molar-refractivity contribution in [3.05, 3.63) is 0 Å². The van der Waals surface area contributed by atoms with Gasteiger partial charge in [-0.15, -0.1) is 0 Å². The number of aliphatic carboxylic acids is 2. The second-order valence-electron chi connectivity index (χ2n) is 4.20. The van der Waals surface area contributed by atoms with E-state index in [0.717, 1.165) is 19.3 Å². The van der Waals surface area contributed by atoms with E-state index in [9.17, 15) is 14.4 Å². The minimum Gasteiger partial charge on any atom is -0.481 e. The third-order valence-corrected chi connectivity index (χ3v) is 2.71. The van der Waals surface area contributed by atoms with E-state index in [-0.39, 0.29) is 6.61 Å². The summed E-state index contributed by atoms with van der Waals surface area (Å²) >= 11 is 0. The summed E-state index contributed by atoms with van der Waals surface area (Å²) in [5.41, 5.74) is 0. The zero-order valence-electron chi connectivity index (χ0n) is 10.7. The van der Waals surface area contributed by atoms with E-state index in [2.05, 4.69) is 0 Å². The number of ether oxygens (including phenoxy) is 1. The fourth-order valence-electron chi connectivity index (χ4n) is 1.43. The van der Waals surface area contributed by atoms with Gasteiger partial charge in [0.25, 0.3) is 0 Å². The Morgan fingerprint density at radius 2 is 1.72 bits per heavy atom. The molecule has 0 amide bonds. The van der Waals surface area contributed by atoms with Gasteiger partial charge in [0, 0.05) is 0 Å². The summed E-state index contributed by atoms with van der Waals surface area (Å²) in [5.74, 6) is -5.56. The Morgan fingerprint density at radius 1 is 1.11 bits per heavy atom. The lowest BCUT2D eigenvalue weighted by Crippen LogP contribution is -2.30.